The first kappa shape index (κ1) is 29.8. The summed E-state index contributed by atoms with van der Waals surface area (Å²) in [6, 6.07) is 45.4. The molecule has 8 rings (SSSR count). The van der Waals surface area contributed by atoms with Gasteiger partial charge in [0.2, 0.25) is 0 Å². The van der Waals surface area contributed by atoms with Crippen LogP contribution in [0.25, 0.3) is 49.5 Å². The Kier molecular flexibility index (Phi) is 7.04. The molecule has 0 saturated heterocycles. The summed E-state index contributed by atoms with van der Waals surface area (Å²) in [5, 5.41) is 0.485. The second-order valence-corrected chi connectivity index (χ2v) is 12.2. The van der Waals surface area contributed by atoms with E-state index in [1.165, 1.54) is 24.7 Å². The fraction of sp³-hybridized carbons (Fsp3) is 0.0476. The van der Waals surface area contributed by atoms with Crippen LogP contribution in [0.5, 0.6) is 0 Å². The number of benzene rings is 6. The number of hydrogen-bond donors (Lipinski definition) is 0. The van der Waals surface area contributed by atoms with Crippen molar-refractivity contribution in [3.8, 4) is 27.9 Å². The van der Waals surface area contributed by atoms with Crippen molar-refractivity contribution in [3.63, 3.8) is 0 Å². The van der Waals surface area contributed by atoms with Gasteiger partial charge >= 0.3 is 0 Å². The van der Waals surface area contributed by atoms with Crippen molar-refractivity contribution < 1.29 is 0 Å². The minimum Gasteiger partial charge on any atom is -0.310 e. The Morgan fingerprint density at radius 1 is 0.429 bits per heavy atom. The number of hydrogen-bond acceptors (Lipinski definition) is 5. The van der Waals surface area contributed by atoms with Crippen LogP contribution in [0.15, 0.2) is 159 Å². The Morgan fingerprint density at radius 2 is 0.898 bits per heavy atom. The maximum Gasteiger partial charge on any atom is 0.266 e. The second kappa shape index (κ2) is 11.6. The Bertz CT molecular complexity index is 2660. The van der Waals surface area contributed by atoms with E-state index in [1.807, 2.05) is 43.3 Å². The molecule has 2 aromatic heterocycles. The monoisotopic (exact) mass is 639 g/mol. The normalized spacial score (nSPS) is 11.4. The van der Waals surface area contributed by atoms with Gasteiger partial charge in [-0.3, -0.25) is 23.7 Å². The van der Waals surface area contributed by atoms with E-state index in [-0.39, 0.29) is 21.5 Å². The van der Waals surface area contributed by atoms with Gasteiger partial charge in [-0.1, -0.05) is 84.4 Å². The Labute approximate surface area is 280 Å². The highest BCUT2D eigenvalue weighted by Gasteiger charge is 2.20. The molecule has 0 aliphatic carbocycles. The molecule has 0 N–H and O–H groups in total. The molecule has 6 aromatic carbocycles. The highest BCUT2D eigenvalue weighted by Crippen LogP contribution is 2.37. The minimum absolute atomic E-state index is 0.110. The van der Waals surface area contributed by atoms with Crippen LogP contribution >= 0.6 is 0 Å². The number of aryl methyl sites for hydroxylation is 1. The first-order chi connectivity index (χ1) is 23.8. The zero-order valence-electron chi connectivity index (χ0n) is 26.8. The van der Waals surface area contributed by atoms with Crippen molar-refractivity contribution in [1.29, 1.82) is 0 Å². The van der Waals surface area contributed by atoms with Gasteiger partial charge < -0.3 is 4.90 Å². The SMILES string of the molecule is Cc1ccc(N(c2ccc(-n3c(=O)c4cc5c(=O)n(C)c(=O)c5cc4c3=O)cc2)c2cccc(-c3ccc(-c4ccccc4)cc3)c2)cc1. The number of nitrogens with zero attached hydrogens (tertiary/aromatic N) is 3. The molecule has 0 unspecified atom stereocenters. The summed E-state index contributed by atoms with van der Waals surface area (Å²) in [5.41, 5.74) is 6.67. The van der Waals surface area contributed by atoms with Gasteiger partial charge in [0.1, 0.15) is 0 Å². The third kappa shape index (κ3) is 5.00. The third-order valence-corrected chi connectivity index (χ3v) is 9.18. The molecule has 7 heteroatoms. The van der Waals surface area contributed by atoms with Crippen molar-refractivity contribution in [3.05, 3.63) is 187 Å². The van der Waals surface area contributed by atoms with Crippen LogP contribution in [0, 0.1) is 6.92 Å². The summed E-state index contributed by atoms with van der Waals surface area (Å²) in [5.74, 6) is 0. The lowest BCUT2D eigenvalue weighted by Gasteiger charge is -2.26. The van der Waals surface area contributed by atoms with E-state index in [0.29, 0.717) is 5.69 Å². The molecule has 2 heterocycles. The smallest absolute Gasteiger partial charge is 0.266 e. The molecule has 0 saturated carbocycles. The van der Waals surface area contributed by atoms with E-state index >= 15 is 0 Å². The largest absolute Gasteiger partial charge is 0.310 e. The minimum atomic E-state index is -0.535. The Morgan fingerprint density at radius 3 is 1.47 bits per heavy atom. The van der Waals surface area contributed by atoms with Gasteiger partial charge in [0.15, 0.2) is 0 Å². The van der Waals surface area contributed by atoms with Crippen LogP contribution in [0.3, 0.4) is 0 Å². The predicted octanol–water partition coefficient (Wildman–Crippen LogP) is 7.55. The maximum atomic E-state index is 13.5. The Balaban J connectivity index is 1.19. The molecular formula is C42H29N3O4. The lowest BCUT2D eigenvalue weighted by atomic mass is 10.00. The summed E-state index contributed by atoms with van der Waals surface area (Å²) >= 11 is 0. The average Bonchev–Trinajstić information content (AvgIpc) is 3.51. The van der Waals surface area contributed by atoms with Gasteiger partial charge in [-0.2, -0.15) is 0 Å². The molecule has 236 valence electrons. The van der Waals surface area contributed by atoms with E-state index in [1.54, 1.807) is 12.1 Å². The summed E-state index contributed by atoms with van der Waals surface area (Å²) in [6.07, 6.45) is 0. The van der Waals surface area contributed by atoms with Crippen molar-refractivity contribution in [1.82, 2.24) is 9.13 Å². The Hall–Kier alpha value is -6.60. The number of anilines is 3. The quantitative estimate of drug-likeness (QED) is 0.188. The lowest BCUT2D eigenvalue weighted by molar-refractivity contribution is 0.856. The molecule has 0 spiro atoms. The van der Waals surface area contributed by atoms with Crippen LogP contribution in [0.2, 0.25) is 0 Å². The summed E-state index contributed by atoms with van der Waals surface area (Å²) < 4.78 is 2.08. The summed E-state index contributed by atoms with van der Waals surface area (Å²) in [7, 11) is 1.38. The van der Waals surface area contributed by atoms with Gasteiger partial charge in [0.05, 0.1) is 27.2 Å². The zero-order chi connectivity index (χ0) is 33.8. The average molecular weight is 640 g/mol. The van der Waals surface area contributed by atoms with E-state index in [0.717, 1.165) is 48.5 Å². The van der Waals surface area contributed by atoms with Crippen LogP contribution in [0.1, 0.15) is 5.56 Å². The third-order valence-electron chi connectivity index (χ3n) is 9.18. The van der Waals surface area contributed by atoms with Gasteiger partial charge in [-0.15, -0.1) is 0 Å². The van der Waals surface area contributed by atoms with E-state index < -0.39 is 22.2 Å². The predicted molar refractivity (Wildman–Crippen MR) is 197 cm³/mol. The van der Waals surface area contributed by atoms with Crippen LogP contribution < -0.4 is 27.1 Å². The summed E-state index contributed by atoms with van der Waals surface area (Å²) in [4.78, 5) is 54.3. The molecule has 8 aromatic rings. The molecule has 0 fully saturated rings. The molecule has 0 atom stereocenters. The van der Waals surface area contributed by atoms with E-state index in [2.05, 4.69) is 83.8 Å². The fourth-order valence-electron chi connectivity index (χ4n) is 6.53. The molecular weight excluding hydrogens is 610 g/mol. The van der Waals surface area contributed by atoms with Gasteiger partial charge in [0.25, 0.3) is 22.2 Å². The van der Waals surface area contributed by atoms with Crippen LogP contribution in [-0.4, -0.2) is 9.13 Å². The lowest BCUT2D eigenvalue weighted by Crippen LogP contribution is -2.23. The van der Waals surface area contributed by atoms with Crippen LogP contribution in [0.4, 0.5) is 17.1 Å². The first-order valence-corrected chi connectivity index (χ1v) is 15.9. The highest BCUT2D eigenvalue weighted by atomic mass is 16.2. The number of aromatic nitrogens is 2. The molecule has 0 aliphatic rings. The molecule has 0 bridgehead atoms. The van der Waals surface area contributed by atoms with Crippen molar-refractivity contribution in [2.45, 2.75) is 6.92 Å². The molecule has 49 heavy (non-hydrogen) atoms. The number of fused-ring (bicyclic) bond motifs is 2. The molecule has 0 aliphatic heterocycles. The van der Waals surface area contributed by atoms with Gasteiger partial charge in [0, 0.05) is 24.1 Å². The van der Waals surface area contributed by atoms with Crippen LogP contribution in [-0.2, 0) is 7.05 Å². The fourth-order valence-corrected chi connectivity index (χ4v) is 6.53. The second-order valence-electron chi connectivity index (χ2n) is 12.2. The van der Waals surface area contributed by atoms with E-state index in [9.17, 15) is 19.2 Å². The standard InChI is InChI=1S/C42H29N3O4/c1-26-11-17-31(18-12-26)44(34-10-6-9-30(23-34)29-15-13-28(14-16-29)27-7-4-3-5-8-27)32-19-21-33(22-20-32)45-41(48)37-24-35-36(25-38(37)42(45)49)40(47)43(2)39(35)46/h3-25H,1-2H3. The molecule has 0 amide bonds. The zero-order valence-corrected chi connectivity index (χ0v) is 26.8. The van der Waals surface area contributed by atoms with Gasteiger partial charge in [-0.05, 0) is 89.8 Å². The maximum absolute atomic E-state index is 13.5. The van der Waals surface area contributed by atoms with Crippen molar-refractivity contribution in [2.24, 2.45) is 7.05 Å². The number of rotatable bonds is 6. The molecule has 7 nitrogen and oxygen atoms in total. The highest BCUT2D eigenvalue weighted by molar-refractivity contribution is 5.98. The van der Waals surface area contributed by atoms with Crippen molar-refractivity contribution in [2.75, 3.05) is 4.90 Å². The van der Waals surface area contributed by atoms with Gasteiger partial charge in [-0.25, -0.2) is 4.57 Å². The first-order valence-electron chi connectivity index (χ1n) is 15.9. The molecule has 0 radical (unpaired) electrons. The summed E-state index contributed by atoms with van der Waals surface area (Å²) in [6.45, 7) is 2.05. The topological polar surface area (TPSA) is 81.4 Å². The van der Waals surface area contributed by atoms with E-state index in [4.69, 9.17) is 0 Å². The van der Waals surface area contributed by atoms with Crippen molar-refractivity contribution >= 4 is 38.6 Å².